The van der Waals surface area contributed by atoms with E-state index >= 15 is 0 Å². The average molecular weight is 333 g/mol. The fourth-order valence-electron chi connectivity index (χ4n) is 3.47. The van der Waals surface area contributed by atoms with Crippen LogP contribution in [-0.4, -0.2) is 34.2 Å². The molecule has 1 amide bonds. The van der Waals surface area contributed by atoms with E-state index in [4.69, 9.17) is 4.74 Å². The zero-order chi connectivity index (χ0) is 16.4. The van der Waals surface area contributed by atoms with Crippen molar-refractivity contribution in [2.24, 2.45) is 7.05 Å². The molecule has 124 valence electrons. The highest BCUT2D eigenvalue weighted by Crippen LogP contribution is 2.39. The lowest BCUT2D eigenvalue weighted by atomic mass is 10.0. The Morgan fingerprint density at radius 3 is 3.04 bits per heavy atom. The SMILES string of the molecule is COc1c([C@H]2CCCN2C(=O)CCc2ccsc2)c(C)nn1C. The number of rotatable bonds is 5. The summed E-state index contributed by atoms with van der Waals surface area (Å²) in [4.78, 5) is 14.7. The third-order valence-electron chi connectivity index (χ3n) is 4.52. The van der Waals surface area contributed by atoms with E-state index in [0.717, 1.165) is 42.9 Å². The molecule has 1 saturated heterocycles. The molecule has 0 radical (unpaired) electrons. The maximum Gasteiger partial charge on any atom is 0.223 e. The molecule has 1 fully saturated rings. The van der Waals surface area contributed by atoms with Crippen LogP contribution in [0.3, 0.4) is 0 Å². The first kappa shape index (κ1) is 16.1. The molecule has 2 aromatic heterocycles. The minimum atomic E-state index is 0.0913. The highest BCUT2D eigenvalue weighted by Gasteiger charge is 2.34. The number of methoxy groups -OCH3 is 1. The Kier molecular flexibility index (Phi) is 4.71. The van der Waals surface area contributed by atoms with E-state index in [1.54, 1.807) is 23.1 Å². The van der Waals surface area contributed by atoms with Gasteiger partial charge in [0.05, 0.1) is 24.4 Å². The maximum absolute atomic E-state index is 12.7. The van der Waals surface area contributed by atoms with Crippen molar-refractivity contribution in [2.75, 3.05) is 13.7 Å². The molecule has 0 spiro atoms. The molecule has 1 atom stereocenters. The van der Waals surface area contributed by atoms with Crippen molar-refractivity contribution < 1.29 is 9.53 Å². The number of amides is 1. The lowest BCUT2D eigenvalue weighted by Crippen LogP contribution is -2.31. The normalized spacial score (nSPS) is 17.7. The lowest BCUT2D eigenvalue weighted by Gasteiger charge is -2.25. The number of likely N-dealkylation sites (tertiary alicyclic amines) is 1. The van der Waals surface area contributed by atoms with Gasteiger partial charge in [0.15, 0.2) is 0 Å². The van der Waals surface area contributed by atoms with Crippen LogP contribution in [0.25, 0.3) is 0 Å². The van der Waals surface area contributed by atoms with Gasteiger partial charge in [0.2, 0.25) is 11.8 Å². The summed E-state index contributed by atoms with van der Waals surface area (Å²) < 4.78 is 7.28. The summed E-state index contributed by atoms with van der Waals surface area (Å²) in [6, 6.07) is 2.18. The third kappa shape index (κ3) is 3.13. The Labute approximate surface area is 140 Å². The summed E-state index contributed by atoms with van der Waals surface area (Å²) in [6.45, 7) is 2.81. The van der Waals surface area contributed by atoms with Crippen LogP contribution in [0.2, 0.25) is 0 Å². The number of ether oxygens (including phenoxy) is 1. The van der Waals surface area contributed by atoms with E-state index in [1.807, 2.05) is 18.9 Å². The number of carbonyl (C=O) groups excluding carboxylic acids is 1. The zero-order valence-electron chi connectivity index (χ0n) is 13.9. The van der Waals surface area contributed by atoms with Gasteiger partial charge in [0, 0.05) is 20.0 Å². The topological polar surface area (TPSA) is 47.4 Å². The van der Waals surface area contributed by atoms with Crippen molar-refractivity contribution in [3.8, 4) is 5.88 Å². The molecule has 0 bridgehead atoms. The number of nitrogens with zero attached hydrogens (tertiary/aromatic N) is 3. The second kappa shape index (κ2) is 6.74. The second-order valence-corrected chi connectivity index (χ2v) is 6.79. The predicted octanol–water partition coefficient (Wildman–Crippen LogP) is 3.09. The first-order valence-electron chi connectivity index (χ1n) is 8.00. The Morgan fingerprint density at radius 2 is 2.35 bits per heavy atom. The van der Waals surface area contributed by atoms with E-state index in [2.05, 4.69) is 21.9 Å². The minimum absolute atomic E-state index is 0.0913. The summed E-state index contributed by atoms with van der Waals surface area (Å²) in [6.07, 6.45) is 3.39. The summed E-state index contributed by atoms with van der Waals surface area (Å²) in [5, 5.41) is 8.63. The van der Waals surface area contributed by atoms with Gasteiger partial charge in [0.1, 0.15) is 0 Å². The van der Waals surface area contributed by atoms with Crippen LogP contribution in [-0.2, 0) is 18.3 Å². The first-order chi connectivity index (χ1) is 11.1. The minimum Gasteiger partial charge on any atom is -0.481 e. The average Bonchev–Trinajstić information content (AvgIpc) is 3.24. The van der Waals surface area contributed by atoms with Crippen LogP contribution in [0, 0.1) is 6.92 Å². The largest absolute Gasteiger partial charge is 0.481 e. The van der Waals surface area contributed by atoms with E-state index in [-0.39, 0.29) is 11.9 Å². The van der Waals surface area contributed by atoms with Gasteiger partial charge in [-0.2, -0.15) is 16.4 Å². The molecule has 0 saturated carbocycles. The molecule has 3 heterocycles. The lowest BCUT2D eigenvalue weighted by molar-refractivity contribution is -0.132. The molecular weight excluding hydrogens is 310 g/mol. The van der Waals surface area contributed by atoms with Crippen LogP contribution in [0.15, 0.2) is 16.8 Å². The van der Waals surface area contributed by atoms with Crippen molar-refractivity contribution in [3.63, 3.8) is 0 Å². The molecule has 0 aromatic carbocycles. The van der Waals surface area contributed by atoms with Crippen molar-refractivity contribution in [2.45, 2.75) is 38.6 Å². The van der Waals surface area contributed by atoms with Gasteiger partial charge in [-0.05, 0) is 48.6 Å². The van der Waals surface area contributed by atoms with Gasteiger partial charge in [-0.25, -0.2) is 4.68 Å². The fourth-order valence-corrected chi connectivity index (χ4v) is 4.18. The molecule has 1 aliphatic rings. The molecule has 0 aliphatic carbocycles. The van der Waals surface area contributed by atoms with Gasteiger partial charge in [-0.15, -0.1) is 0 Å². The number of aromatic nitrogens is 2. The molecule has 6 heteroatoms. The maximum atomic E-state index is 12.7. The number of aryl methyl sites for hydroxylation is 3. The Morgan fingerprint density at radius 1 is 1.52 bits per heavy atom. The Hall–Kier alpha value is -1.82. The van der Waals surface area contributed by atoms with Gasteiger partial charge in [-0.3, -0.25) is 4.79 Å². The van der Waals surface area contributed by atoms with Crippen LogP contribution in [0.1, 0.15) is 42.1 Å². The highest BCUT2D eigenvalue weighted by molar-refractivity contribution is 7.07. The second-order valence-electron chi connectivity index (χ2n) is 6.01. The number of thiophene rings is 1. The monoisotopic (exact) mass is 333 g/mol. The van der Waals surface area contributed by atoms with Crippen molar-refractivity contribution in [1.29, 1.82) is 0 Å². The molecule has 1 aliphatic heterocycles. The van der Waals surface area contributed by atoms with Crippen LogP contribution >= 0.6 is 11.3 Å². The van der Waals surface area contributed by atoms with Crippen LogP contribution in [0.5, 0.6) is 5.88 Å². The fraction of sp³-hybridized carbons (Fsp3) is 0.529. The van der Waals surface area contributed by atoms with E-state index in [0.29, 0.717) is 6.42 Å². The van der Waals surface area contributed by atoms with Crippen molar-refractivity contribution in [1.82, 2.24) is 14.7 Å². The molecular formula is C17H23N3O2S. The third-order valence-corrected chi connectivity index (χ3v) is 5.25. The van der Waals surface area contributed by atoms with Crippen molar-refractivity contribution >= 4 is 17.2 Å². The van der Waals surface area contributed by atoms with Gasteiger partial charge in [0.25, 0.3) is 0 Å². The number of carbonyl (C=O) groups is 1. The van der Waals surface area contributed by atoms with Crippen molar-refractivity contribution in [3.05, 3.63) is 33.6 Å². The quantitative estimate of drug-likeness (QED) is 0.845. The highest BCUT2D eigenvalue weighted by atomic mass is 32.1. The zero-order valence-corrected chi connectivity index (χ0v) is 14.7. The molecule has 0 unspecified atom stereocenters. The van der Waals surface area contributed by atoms with Crippen LogP contribution < -0.4 is 4.74 Å². The van der Waals surface area contributed by atoms with E-state index < -0.39 is 0 Å². The van der Waals surface area contributed by atoms with E-state index in [9.17, 15) is 4.79 Å². The van der Waals surface area contributed by atoms with E-state index in [1.165, 1.54) is 5.56 Å². The molecule has 0 N–H and O–H groups in total. The van der Waals surface area contributed by atoms with Gasteiger partial charge >= 0.3 is 0 Å². The Bertz CT molecular complexity index is 678. The van der Waals surface area contributed by atoms with Crippen LogP contribution in [0.4, 0.5) is 0 Å². The molecule has 23 heavy (non-hydrogen) atoms. The summed E-state index contributed by atoms with van der Waals surface area (Å²) in [5.74, 6) is 0.994. The van der Waals surface area contributed by atoms with Gasteiger partial charge < -0.3 is 9.64 Å². The first-order valence-corrected chi connectivity index (χ1v) is 8.94. The Balaban J connectivity index is 1.76. The smallest absolute Gasteiger partial charge is 0.223 e. The standard InChI is InChI=1S/C17H23N3O2S/c1-12-16(17(22-3)19(2)18-12)14-5-4-9-20(14)15(21)7-6-13-8-10-23-11-13/h8,10-11,14H,4-7,9H2,1-3H3/t14-/m1/s1. The summed E-state index contributed by atoms with van der Waals surface area (Å²) in [5.41, 5.74) is 3.26. The summed E-state index contributed by atoms with van der Waals surface area (Å²) in [7, 11) is 3.55. The summed E-state index contributed by atoms with van der Waals surface area (Å²) >= 11 is 1.68. The number of hydrogen-bond donors (Lipinski definition) is 0. The molecule has 2 aromatic rings. The molecule has 3 rings (SSSR count). The number of hydrogen-bond acceptors (Lipinski definition) is 4. The predicted molar refractivity (Wildman–Crippen MR) is 90.8 cm³/mol. The van der Waals surface area contributed by atoms with Gasteiger partial charge in [-0.1, -0.05) is 0 Å². The molecule has 5 nitrogen and oxygen atoms in total.